The van der Waals surface area contributed by atoms with Crippen LogP contribution in [0.2, 0.25) is 0 Å². The van der Waals surface area contributed by atoms with Crippen LogP contribution in [-0.4, -0.2) is 35.0 Å². The van der Waals surface area contributed by atoms with Crippen molar-refractivity contribution in [1.29, 1.82) is 0 Å². The van der Waals surface area contributed by atoms with E-state index in [9.17, 15) is 14.7 Å². The van der Waals surface area contributed by atoms with Crippen molar-refractivity contribution in [2.24, 2.45) is 0 Å². The molecule has 40 heavy (non-hydrogen) atoms. The predicted octanol–water partition coefficient (Wildman–Crippen LogP) is 8.17. The van der Waals surface area contributed by atoms with E-state index in [-0.39, 0.29) is 12.0 Å². The quantitative estimate of drug-likeness (QED) is 0.196. The number of amides is 1. The van der Waals surface area contributed by atoms with Crippen molar-refractivity contribution in [3.63, 3.8) is 0 Å². The first kappa shape index (κ1) is 31.4. The van der Waals surface area contributed by atoms with E-state index in [0.29, 0.717) is 30.3 Å². The summed E-state index contributed by atoms with van der Waals surface area (Å²) in [5.74, 6) is -0.309. The number of carbonyl (C=O) groups excluding carboxylic acids is 1. The number of hydrogen-bond acceptors (Lipinski definition) is 4. The van der Waals surface area contributed by atoms with E-state index in [0.717, 1.165) is 41.5 Å². The summed E-state index contributed by atoms with van der Waals surface area (Å²) in [4.78, 5) is 25.2. The fourth-order valence-corrected chi connectivity index (χ4v) is 5.23. The standard InChI is InChI=1S/C34H43NO4S/c1-6-7-15-32(27-13-10-12-26(21-27)23(2)3)39-22-25-16-17-29(30(20-25)28-14-9-8-11-24(28)4)33(36)35-31(34(37)38)18-19-40-5/h8-14,16-17,20-21,23,31-32H,6-7,15,18-19,22H2,1-5H3,(H,35,36)(H,37,38). The molecule has 3 aromatic carbocycles. The van der Waals surface area contributed by atoms with Gasteiger partial charge in [-0.15, -0.1) is 0 Å². The number of carboxylic acid groups (broad SMARTS) is 1. The maximum atomic E-state index is 13.4. The van der Waals surface area contributed by atoms with E-state index in [4.69, 9.17) is 4.74 Å². The van der Waals surface area contributed by atoms with Gasteiger partial charge in [-0.05, 0) is 83.2 Å². The second-order valence-electron chi connectivity index (χ2n) is 10.6. The SMILES string of the molecule is CCCCC(OCc1ccc(C(=O)NC(CCSC)C(=O)O)c(-c2ccccc2C)c1)c1cccc(C(C)C)c1. The van der Waals surface area contributed by atoms with E-state index >= 15 is 0 Å². The number of ether oxygens (including phenoxy) is 1. The molecule has 0 fully saturated rings. The minimum Gasteiger partial charge on any atom is -0.480 e. The Morgan fingerprint density at radius 1 is 0.950 bits per heavy atom. The highest BCUT2D eigenvalue weighted by Gasteiger charge is 2.23. The van der Waals surface area contributed by atoms with Crippen LogP contribution < -0.4 is 5.32 Å². The molecular formula is C34H43NO4S. The maximum absolute atomic E-state index is 13.4. The van der Waals surface area contributed by atoms with Gasteiger partial charge in [0.15, 0.2) is 0 Å². The molecule has 5 nitrogen and oxygen atoms in total. The average Bonchev–Trinajstić information content (AvgIpc) is 2.95. The van der Waals surface area contributed by atoms with Gasteiger partial charge in [0.1, 0.15) is 6.04 Å². The summed E-state index contributed by atoms with van der Waals surface area (Å²) >= 11 is 1.56. The molecule has 2 N–H and O–H groups in total. The third-order valence-corrected chi connectivity index (χ3v) is 7.84. The van der Waals surface area contributed by atoms with Crippen LogP contribution in [0.1, 0.15) is 91.1 Å². The van der Waals surface area contributed by atoms with Gasteiger partial charge < -0.3 is 15.2 Å². The summed E-state index contributed by atoms with van der Waals surface area (Å²) in [6, 6.07) is 21.4. The summed E-state index contributed by atoms with van der Waals surface area (Å²) in [5, 5.41) is 12.4. The molecule has 2 atom stereocenters. The third-order valence-electron chi connectivity index (χ3n) is 7.20. The molecule has 0 saturated carbocycles. The van der Waals surface area contributed by atoms with Crippen LogP contribution in [0.4, 0.5) is 0 Å². The topological polar surface area (TPSA) is 75.6 Å². The van der Waals surface area contributed by atoms with Crippen LogP contribution in [0, 0.1) is 6.92 Å². The summed E-state index contributed by atoms with van der Waals surface area (Å²) in [6.45, 7) is 9.02. The number of hydrogen-bond donors (Lipinski definition) is 2. The van der Waals surface area contributed by atoms with Gasteiger partial charge in [-0.3, -0.25) is 4.79 Å². The zero-order valence-electron chi connectivity index (χ0n) is 24.4. The highest BCUT2D eigenvalue weighted by atomic mass is 32.2. The minimum atomic E-state index is -1.02. The first-order valence-electron chi connectivity index (χ1n) is 14.2. The van der Waals surface area contributed by atoms with Gasteiger partial charge in [0, 0.05) is 5.56 Å². The van der Waals surface area contributed by atoms with Crippen molar-refractivity contribution >= 4 is 23.6 Å². The fourth-order valence-electron chi connectivity index (χ4n) is 4.76. The minimum absolute atomic E-state index is 0.0173. The molecule has 1 amide bonds. The van der Waals surface area contributed by atoms with Crippen molar-refractivity contribution in [3.05, 3.63) is 94.5 Å². The average molecular weight is 562 g/mol. The zero-order chi connectivity index (χ0) is 29.1. The lowest BCUT2D eigenvalue weighted by molar-refractivity contribution is -0.139. The molecule has 0 bridgehead atoms. The Hall–Kier alpha value is -3.09. The molecule has 0 saturated heterocycles. The Labute approximate surface area is 243 Å². The van der Waals surface area contributed by atoms with Crippen molar-refractivity contribution in [2.75, 3.05) is 12.0 Å². The second kappa shape index (κ2) is 15.6. The van der Waals surface area contributed by atoms with E-state index in [1.807, 2.05) is 49.6 Å². The smallest absolute Gasteiger partial charge is 0.326 e. The van der Waals surface area contributed by atoms with E-state index < -0.39 is 12.0 Å². The van der Waals surface area contributed by atoms with Crippen LogP contribution >= 0.6 is 11.8 Å². The van der Waals surface area contributed by atoms with Crippen LogP contribution in [0.25, 0.3) is 11.1 Å². The monoisotopic (exact) mass is 561 g/mol. The van der Waals surface area contributed by atoms with Crippen LogP contribution in [0.15, 0.2) is 66.7 Å². The number of rotatable bonds is 15. The third kappa shape index (κ3) is 8.70. The number of carbonyl (C=O) groups is 2. The van der Waals surface area contributed by atoms with Gasteiger partial charge in [0.2, 0.25) is 0 Å². The molecule has 0 aliphatic carbocycles. The fraction of sp³-hybridized carbons (Fsp3) is 0.412. The molecule has 0 aliphatic heterocycles. The van der Waals surface area contributed by atoms with Gasteiger partial charge >= 0.3 is 5.97 Å². The number of benzene rings is 3. The Morgan fingerprint density at radius 3 is 2.38 bits per heavy atom. The predicted molar refractivity (Wildman–Crippen MR) is 166 cm³/mol. The molecule has 0 aliphatic rings. The van der Waals surface area contributed by atoms with Gasteiger partial charge in [-0.2, -0.15) is 11.8 Å². The van der Waals surface area contributed by atoms with Gasteiger partial charge in [0.05, 0.1) is 12.7 Å². The van der Waals surface area contributed by atoms with Crippen molar-refractivity contribution in [3.8, 4) is 11.1 Å². The zero-order valence-corrected chi connectivity index (χ0v) is 25.2. The Morgan fingerprint density at radius 2 is 1.70 bits per heavy atom. The molecule has 0 spiro atoms. The number of aliphatic carboxylic acids is 1. The van der Waals surface area contributed by atoms with Crippen LogP contribution in [-0.2, 0) is 16.1 Å². The molecule has 3 rings (SSSR count). The summed E-state index contributed by atoms with van der Waals surface area (Å²) in [7, 11) is 0. The van der Waals surface area contributed by atoms with E-state index in [2.05, 4.69) is 50.4 Å². The lowest BCUT2D eigenvalue weighted by Gasteiger charge is -2.21. The number of nitrogens with one attached hydrogen (secondary N) is 1. The Bertz CT molecular complexity index is 1270. The number of unbranched alkanes of at least 4 members (excludes halogenated alkanes) is 1. The second-order valence-corrected chi connectivity index (χ2v) is 11.6. The molecule has 6 heteroatoms. The van der Waals surface area contributed by atoms with Crippen LogP contribution in [0.3, 0.4) is 0 Å². The lowest BCUT2D eigenvalue weighted by Crippen LogP contribution is -2.41. The highest BCUT2D eigenvalue weighted by molar-refractivity contribution is 7.98. The van der Waals surface area contributed by atoms with Crippen molar-refractivity contribution in [1.82, 2.24) is 5.32 Å². The lowest BCUT2D eigenvalue weighted by atomic mass is 9.93. The Balaban J connectivity index is 1.91. The Kier molecular flexibility index (Phi) is 12.3. The number of aryl methyl sites for hydroxylation is 1. The van der Waals surface area contributed by atoms with E-state index in [1.165, 1.54) is 11.1 Å². The number of thioether (sulfide) groups is 1. The summed E-state index contributed by atoms with van der Waals surface area (Å²) in [5.41, 5.74) is 6.68. The molecule has 2 unspecified atom stereocenters. The molecule has 0 aromatic heterocycles. The maximum Gasteiger partial charge on any atom is 0.326 e. The van der Waals surface area contributed by atoms with Gasteiger partial charge in [0.25, 0.3) is 5.91 Å². The normalized spacial score (nSPS) is 12.8. The summed E-state index contributed by atoms with van der Waals surface area (Å²) in [6.07, 6.45) is 5.38. The van der Waals surface area contributed by atoms with Crippen molar-refractivity contribution in [2.45, 2.75) is 78.0 Å². The largest absolute Gasteiger partial charge is 0.480 e. The van der Waals surface area contributed by atoms with Gasteiger partial charge in [-0.1, -0.05) is 88.2 Å². The number of carboxylic acids is 1. The molecular weight excluding hydrogens is 518 g/mol. The van der Waals surface area contributed by atoms with E-state index in [1.54, 1.807) is 17.8 Å². The van der Waals surface area contributed by atoms with Gasteiger partial charge in [-0.25, -0.2) is 4.79 Å². The van der Waals surface area contributed by atoms with Crippen molar-refractivity contribution < 1.29 is 19.4 Å². The first-order chi connectivity index (χ1) is 19.2. The first-order valence-corrected chi connectivity index (χ1v) is 15.6. The highest BCUT2D eigenvalue weighted by Crippen LogP contribution is 2.31. The molecule has 0 heterocycles. The molecule has 3 aromatic rings. The van der Waals surface area contributed by atoms with Crippen LogP contribution in [0.5, 0.6) is 0 Å². The molecule has 214 valence electrons. The molecule has 0 radical (unpaired) electrons. The summed E-state index contributed by atoms with van der Waals surface area (Å²) < 4.78 is 6.53.